The quantitative estimate of drug-likeness (QED) is 0.919. The molecule has 0 saturated carbocycles. The molecule has 6 heteroatoms. The summed E-state index contributed by atoms with van der Waals surface area (Å²) in [7, 11) is 0. The molecule has 116 valence electrons. The molecule has 1 N–H and O–H groups in total. The normalized spacial score (nSPS) is 15.0. The van der Waals surface area contributed by atoms with Gasteiger partial charge in [0.05, 0.1) is 6.07 Å². The highest BCUT2D eigenvalue weighted by Crippen LogP contribution is 2.12. The van der Waals surface area contributed by atoms with E-state index in [1.807, 2.05) is 36.4 Å². The number of piperidine rings is 1. The number of amides is 2. The van der Waals surface area contributed by atoms with Crippen LogP contribution >= 0.6 is 0 Å². The van der Waals surface area contributed by atoms with Crippen molar-refractivity contribution >= 4 is 12.0 Å². The topological polar surface area (TPSA) is 82.4 Å². The summed E-state index contributed by atoms with van der Waals surface area (Å²) >= 11 is 0. The Kier molecular flexibility index (Phi) is 5.78. The molecule has 6 nitrogen and oxygen atoms in total. The zero-order valence-electron chi connectivity index (χ0n) is 12.3. The third-order valence-electron chi connectivity index (χ3n) is 3.61. The van der Waals surface area contributed by atoms with Gasteiger partial charge in [-0.05, 0) is 18.4 Å². The van der Waals surface area contributed by atoms with Crippen molar-refractivity contribution in [3.63, 3.8) is 0 Å². The Hall–Kier alpha value is -2.55. The van der Waals surface area contributed by atoms with E-state index in [-0.39, 0.29) is 25.0 Å². The van der Waals surface area contributed by atoms with E-state index in [0.29, 0.717) is 25.9 Å². The second-order valence-corrected chi connectivity index (χ2v) is 5.20. The number of nitrogens with zero attached hydrogens (tertiary/aromatic N) is 2. The van der Waals surface area contributed by atoms with Crippen LogP contribution in [0, 0.1) is 11.3 Å². The Morgan fingerprint density at radius 2 is 1.95 bits per heavy atom. The summed E-state index contributed by atoms with van der Waals surface area (Å²) in [6.45, 7) is 1.36. The lowest BCUT2D eigenvalue weighted by atomic mass is 10.1. The zero-order valence-corrected chi connectivity index (χ0v) is 12.3. The molecule has 0 bridgehead atoms. The molecule has 1 saturated heterocycles. The number of benzene rings is 1. The summed E-state index contributed by atoms with van der Waals surface area (Å²) in [5.74, 6) is -0.146. The van der Waals surface area contributed by atoms with Gasteiger partial charge in [0.2, 0.25) is 5.91 Å². The van der Waals surface area contributed by atoms with E-state index in [0.717, 1.165) is 5.56 Å². The average molecular weight is 301 g/mol. The molecule has 1 aromatic carbocycles. The number of ether oxygens (including phenoxy) is 1. The second-order valence-electron chi connectivity index (χ2n) is 5.20. The van der Waals surface area contributed by atoms with E-state index in [2.05, 4.69) is 5.32 Å². The summed E-state index contributed by atoms with van der Waals surface area (Å²) in [6, 6.07) is 11.4. The van der Waals surface area contributed by atoms with Crippen LogP contribution in [0.15, 0.2) is 30.3 Å². The number of carbonyl (C=O) groups is 2. The van der Waals surface area contributed by atoms with Crippen LogP contribution in [0.1, 0.15) is 24.8 Å². The zero-order chi connectivity index (χ0) is 15.8. The maximum atomic E-state index is 11.7. The van der Waals surface area contributed by atoms with Crippen molar-refractivity contribution in [2.75, 3.05) is 13.1 Å². The Morgan fingerprint density at radius 3 is 2.59 bits per heavy atom. The summed E-state index contributed by atoms with van der Waals surface area (Å²) in [4.78, 5) is 25.0. The monoisotopic (exact) mass is 301 g/mol. The van der Waals surface area contributed by atoms with Crippen LogP contribution in [0.25, 0.3) is 0 Å². The number of hydrogen-bond donors (Lipinski definition) is 1. The summed E-state index contributed by atoms with van der Waals surface area (Å²) in [5.41, 5.74) is 0.939. The number of nitriles is 1. The molecular weight excluding hydrogens is 282 g/mol. The van der Waals surface area contributed by atoms with E-state index >= 15 is 0 Å². The van der Waals surface area contributed by atoms with Gasteiger partial charge >= 0.3 is 6.09 Å². The Labute approximate surface area is 129 Å². The first kappa shape index (κ1) is 15.8. The van der Waals surface area contributed by atoms with Crippen molar-refractivity contribution in [1.29, 1.82) is 5.26 Å². The molecule has 22 heavy (non-hydrogen) atoms. The first-order valence-electron chi connectivity index (χ1n) is 7.31. The standard InChI is InChI=1S/C16H19N3O3/c17-9-6-15(20)19-10-7-14(8-11-19)18-16(21)22-12-13-4-2-1-3-5-13/h1-5,14H,6-8,10-12H2,(H,18,21). The highest BCUT2D eigenvalue weighted by atomic mass is 16.5. The molecular formula is C16H19N3O3. The van der Waals surface area contributed by atoms with Gasteiger partial charge in [0.15, 0.2) is 0 Å². The van der Waals surface area contributed by atoms with Crippen molar-refractivity contribution in [1.82, 2.24) is 10.2 Å². The molecule has 1 aliphatic heterocycles. The summed E-state index contributed by atoms with van der Waals surface area (Å²) in [5, 5.41) is 11.3. The molecule has 2 rings (SSSR count). The molecule has 1 aliphatic rings. The molecule has 1 fully saturated rings. The fourth-order valence-electron chi connectivity index (χ4n) is 2.38. The van der Waals surface area contributed by atoms with Crippen LogP contribution in [0.2, 0.25) is 0 Å². The van der Waals surface area contributed by atoms with Gasteiger partial charge in [0, 0.05) is 19.1 Å². The minimum absolute atomic E-state index is 0.00871. The first-order valence-corrected chi connectivity index (χ1v) is 7.31. The SMILES string of the molecule is N#CCC(=O)N1CCC(NC(=O)OCc2ccccc2)CC1. The van der Waals surface area contributed by atoms with Crippen molar-refractivity contribution in [3.8, 4) is 6.07 Å². The van der Waals surface area contributed by atoms with Crippen molar-refractivity contribution in [2.45, 2.75) is 31.9 Å². The lowest BCUT2D eigenvalue weighted by Crippen LogP contribution is -2.46. The van der Waals surface area contributed by atoms with E-state index in [4.69, 9.17) is 10.00 Å². The van der Waals surface area contributed by atoms with Crippen molar-refractivity contribution in [3.05, 3.63) is 35.9 Å². The van der Waals surface area contributed by atoms with Gasteiger partial charge in [-0.3, -0.25) is 4.79 Å². The van der Waals surface area contributed by atoms with Gasteiger partial charge in [0.1, 0.15) is 13.0 Å². The molecule has 1 aromatic rings. The molecule has 2 amide bonds. The van der Waals surface area contributed by atoms with Gasteiger partial charge in [-0.2, -0.15) is 5.26 Å². The smallest absolute Gasteiger partial charge is 0.407 e. The van der Waals surface area contributed by atoms with E-state index in [1.54, 1.807) is 4.90 Å². The Balaban J connectivity index is 1.68. The van der Waals surface area contributed by atoms with Gasteiger partial charge in [0.25, 0.3) is 0 Å². The number of rotatable bonds is 4. The molecule has 0 unspecified atom stereocenters. The maximum Gasteiger partial charge on any atom is 0.407 e. The van der Waals surface area contributed by atoms with Crippen LogP contribution < -0.4 is 5.32 Å². The molecule has 0 aromatic heterocycles. The van der Waals surface area contributed by atoms with Crippen LogP contribution in [-0.4, -0.2) is 36.0 Å². The third-order valence-corrected chi connectivity index (χ3v) is 3.61. The number of likely N-dealkylation sites (tertiary alicyclic amines) is 1. The van der Waals surface area contributed by atoms with E-state index in [1.165, 1.54) is 0 Å². The molecule has 0 aliphatic carbocycles. The Bertz CT molecular complexity index is 546. The van der Waals surface area contributed by atoms with Crippen LogP contribution in [0.4, 0.5) is 4.79 Å². The Morgan fingerprint density at radius 1 is 1.27 bits per heavy atom. The van der Waals surface area contributed by atoms with Crippen LogP contribution in [0.5, 0.6) is 0 Å². The summed E-state index contributed by atoms with van der Waals surface area (Å²) < 4.78 is 5.17. The molecule has 0 spiro atoms. The number of alkyl carbamates (subject to hydrolysis) is 1. The lowest BCUT2D eigenvalue weighted by Gasteiger charge is -2.31. The maximum absolute atomic E-state index is 11.7. The van der Waals surface area contributed by atoms with Gasteiger partial charge in [-0.15, -0.1) is 0 Å². The highest BCUT2D eigenvalue weighted by molar-refractivity contribution is 5.78. The average Bonchev–Trinajstić information content (AvgIpc) is 2.55. The predicted octanol–water partition coefficient (Wildman–Crippen LogP) is 1.82. The first-order chi connectivity index (χ1) is 10.7. The van der Waals surface area contributed by atoms with Crippen molar-refractivity contribution < 1.29 is 14.3 Å². The van der Waals surface area contributed by atoms with E-state index < -0.39 is 6.09 Å². The fourth-order valence-corrected chi connectivity index (χ4v) is 2.38. The highest BCUT2D eigenvalue weighted by Gasteiger charge is 2.23. The second kappa shape index (κ2) is 8.03. The van der Waals surface area contributed by atoms with Gasteiger partial charge < -0.3 is 15.0 Å². The number of carbonyl (C=O) groups excluding carboxylic acids is 2. The molecule has 1 heterocycles. The molecule has 0 atom stereocenters. The third kappa shape index (κ3) is 4.77. The lowest BCUT2D eigenvalue weighted by molar-refractivity contribution is -0.131. The van der Waals surface area contributed by atoms with Gasteiger partial charge in [-0.1, -0.05) is 30.3 Å². The van der Waals surface area contributed by atoms with Crippen LogP contribution in [0.3, 0.4) is 0 Å². The van der Waals surface area contributed by atoms with E-state index in [9.17, 15) is 9.59 Å². The van der Waals surface area contributed by atoms with Crippen molar-refractivity contribution in [2.24, 2.45) is 0 Å². The minimum atomic E-state index is -0.439. The van der Waals surface area contributed by atoms with Gasteiger partial charge in [-0.25, -0.2) is 4.79 Å². The summed E-state index contributed by atoms with van der Waals surface area (Å²) in [6.07, 6.45) is 0.831. The minimum Gasteiger partial charge on any atom is -0.445 e. The largest absolute Gasteiger partial charge is 0.445 e. The fraction of sp³-hybridized carbons (Fsp3) is 0.438. The number of nitrogens with one attached hydrogen (secondary N) is 1. The number of hydrogen-bond acceptors (Lipinski definition) is 4. The van der Waals surface area contributed by atoms with Crippen LogP contribution in [-0.2, 0) is 16.1 Å². The predicted molar refractivity (Wildman–Crippen MR) is 79.6 cm³/mol. The molecule has 0 radical (unpaired) electrons.